The van der Waals surface area contributed by atoms with E-state index in [-0.39, 0.29) is 11.9 Å². The Balaban J connectivity index is 1.92. The van der Waals surface area contributed by atoms with Crippen LogP contribution >= 0.6 is 0 Å². The van der Waals surface area contributed by atoms with Gasteiger partial charge in [0, 0.05) is 35.9 Å². The van der Waals surface area contributed by atoms with Gasteiger partial charge in [0.05, 0.1) is 16.8 Å². The molecule has 1 atom stereocenters. The number of likely N-dealkylation sites (tertiary alicyclic amines) is 1. The lowest BCUT2D eigenvalue weighted by atomic mass is 9.97. The number of nitrogens with zero attached hydrogens (tertiary/aromatic N) is 4. The molecule has 27 heavy (non-hydrogen) atoms. The molecule has 4 rings (SSSR count). The van der Waals surface area contributed by atoms with Gasteiger partial charge in [0.25, 0.3) is 5.91 Å². The summed E-state index contributed by atoms with van der Waals surface area (Å²) in [7, 11) is 0. The molecule has 1 saturated heterocycles. The van der Waals surface area contributed by atoms with Crippen LogP contribution in [0.5, 0.6) is 0 Å². The molecular formula is C22H24N4O. The average molecular weight is 360 g/mol. The summed E-state index contributed by atoms with van der Waals surface area (Å²) in [5.74, 6) is 0.0935. The van der Waals surface area contributed by atoms with Gasteiger partial charge in [-0.15, -0.1) is 0 Å². The number of fused-ring (bicyclic) bond motifs is 1. The van der Waals surface area contributed by atoms with Crippen LogP contribution in [0.1, 0.15) is 47.7 Å². The van der Waals surface area contributed by atoms with E-state index in [2.05, 4.69) is 36.8 Å². The molecule has 1 aliphatic rings. The number of hydrogen-bond donors (Lipinski definition) is 0. The lowest BCUT2D eigenvalue weighted by Crippen LogP contribution is -2.42. The summed E-state index contributed by atoms with van der Waals surface area (Å²) in [5.41, 5.74) is 5.43. The number of aryl methyl sites for hydroxylation is 2. The predicted octanol–water partition coefficient (Wildman–Crippen LogP) is 4.32. The number of benzene rings is 1. The Kier molecular flexibility index (Phi) is 4.60. The van der Waals surface area contributed by atoms with Gasteiger partial charge < -0.3 is 4.90 Å². The van der Waals surface area contributed by atoms with Crippen LogP contribution in [-0.2, 0) is 0 Å². The van der Waals surface area contributed by atoms with E-state index in [1.165, 1.54) is 18.3 Å². The molecule has 0 saturated carbocycles. The zero-order valence-electron chi connectivity index (χ0n) is 16.1. The van der Waals surface area contributed by atoms with Crippen molar-refractivity contribution in [1.82, 2.24) is 19.9 Å². The molecule has 1 unspecified atom stereocenters. The van der Waals surface area contributed by atoms with Crippen LogP contribution in [-0.4, -0.2) is 38.3 Å². The van der Waals surface area contributed by atoms with E-state index in [9.17, 15) is 4.79 Å². The Morgan fingerprint density at radius 1 is 1.15 bits per heavy atom. The molecule has 3 aromatic rings. The minimum atomic E-state index is 0.0935. The van der Waals surface area contributed by atoms with Crippen LogP contribution in [0, 0.1) is 13.8 Å². The molecule has 5 nitrogen and oxygen atoms in total. The lowest BCUT2D eigenvalue weighted by Gasteiger charge is -2.33. The molecule has 0 bridgehead atoms. The highest BCUT2D eigenvalue weighted by molar-refractivity contribution is 6.08. The maximum Gasteiger partial charge on any atom is 0.254 e. The van der Waals surface area contributed by atoms with Gasteiger partial charge in [0.2, 0.25) is 0 Å². The summed E-state index contributed by atoms with van der Waals surface area (Å²) in [6, 6.07) is 6.27. The molecule has 3 heterocycles. The second-order valence-corrected chi connectivity index (χ2v) is 7.43. The highest BCUT2D eigenvalue weighted by Gasteiger charge is 2.26. The maximum absolute atomic E-state index is 13.5. The molecule has 0 radical (unpaired) electrons. The second kappa shape index (κ2) is 7.06. The summed E-state index contributed by atoms with van der Waals surface area (Å²) in [4.78, 5) is 28.6. The van der Waals surface area contributed by atoms with Crippen LogP contribution in [0.25, 0.3) is 22.2 Å². The fourth-order valence-electron chi connectivity index (χ4n) is 3.84. The van der Waals surface area contributed by atoms with Gasteiger partial charge in [-0.25, -0.2) is 15.0 Å². The molecule has 5 heteroatoms. The van der Waals surface area contributed by atoms with Crippen molar-refractivity contribution in [1.29, 1.82) is 0 Å². The van der Waals surface area contributed by atoms with E-state index in [1.54, 1.807) is 12.4 Å². The predicted molar refractivity (Wildman–Crippen MR) is 107 cm³/mol. The van der Waals surface area contributed by atoms with Gasteiger partial charge in [-0.05, 0) is 57.2 Å². The molecule has 1 amide bonds. The quantitative estimate of drug-likeness (QED) is 0.683. The van der Waals surface area contributed by atoms with E-state index in [1.807, 2.05) is 17.0 Å². The zero-order chi connectivity index (χ0) is 19.0. The highest BCUT2D eigenvalue weighted by Crippen LogP contribution is 2.30. The highest BCUT2D eigenvalue weighted by atomic mass is 16.2. The monoisotopic (exact) mass is 360 g/mol. The third-order valence-electron chi connectivity index (χ3n) is 5.66. The van der Waals surface area contributed by atoms with Gasteiger partial charge in [0.15, 0.2) is 0 Å². The molecular weight excluding hydrogens is 336 g/mol. The molecule has 0 N–H and O–H groups in total. The van der Waals surface area contributed by atoms with Crippen LogP contribution in [0.15, 0.2) is 36.9 Å². The number of carbonyl (C=O) groups excluding carboxylic acids is 1. The van der Waals surface area contributed by atoms with Crippen molar-refractivity contribution in [3.05, 3.63) is 53.6 Å². The number of piperidine rings is 1. The first kappa shape index (κ1) is 17.6. The second-order valence-electron chi connectivity index (χ2n) is 7.43. The Hall–Kier alpha value is -2.82. The van der Waals surface area contributed by atoms with Gasteiger partial charge in [-0.2, -0.15) is 0 Å². The summed E-state index contributed by atoms with van der Waals surface area (Å²) in [6.07, 6.45) is 8.30. The minimum absolute atomic E-state index is 0.0935. The van der Waals surface area contributed by atoms with E-state index in [4.69, 9.17) is 4.98 Å². The molecule has 1 aliphatic heterocycles. The van der Waals surface area contributed by atoms with Crippen molar-refractivity contribution < 1.29 is 4.79 Å². The first-order valence-electron chi connectivity index (χ1n) is 9.53. The van der Waals surface area contributed by atoms with Crippen LogP contribution in [0.4, 0.5) is 0 Å². The molecule has 0 spiro atoms. The van der Waals surface area contributed by atoms with E-state index < -0.39 is 0 Å². The Labute approximate surface area is 159 Å². The summed E-state index contributed by atoms with van der Waals surface area (Å²) < 4.78 is 0. The number of aromatic nitrogens is 3. The molecule has 0 aliphatic carbocycles. The SMILES string of the molecule is Cc1ccc2c(C(=O)N3CCCCC3C)cc(-c3cncnc3)nc2c1C. The largest absolute Gasteiger partial charge is 0.336 e. The van der Waals surface area contributed by atoms with Crippen molar-refractivity contribution in [3.63, 3.8) is 0 Å². The van der Waals surface area contributed by atoms with Crippen LogP contribution in [0.3, 0.4) is 0 Å². The van der Waals surface area contributed by atoms with Crippen molar-refractivity contribution in [3.8, 4) is 11.3 Å². The number of rotatable bonds is 2. The van der Waals surface area contributed by atoms with E-state index in [0.29, 0.717) is 0 Å². The fourth-order valence-corrected chi connectivity index (χ4v) is 3.84. The van der Waals surface area contributed by atoms with Crippen LogP contribution < -0.4 is 0 Å². The average Bonchev–Trinajstić information content (AvgIpc) is 2.70. The first-order valence-corrected chi connectivity index (χ1v) is 9.53. The number of carbonyl (C=O) groups is 1. The molecule has 1 fully saturated rings. The fraction of sp³-hybridized carbons (Fsp3) is 0.364. The van der Waals surface area contributed by atoms with Gasteiger partial charge in [-0.3, -0.25) is 4.79 Å². The number of amides is 1. The smallest absolute Gasteiger partial charge is 0.254 e. The summed E-state index contributed by atoms with van der Waals surface area (Å²) >= 11 is 0. The van der Waals surface area contributed by atoms with Crippen molar-refractivity contribution >= 4 is 16.8 Å². The Morgan fingerprint density at radius 2 is 1.93 bits per heavy atom. The molecule has 1 aromatic carbocycles. The molecule has 2 aromatic heterocycles. The third-order valence-corrected chi connectivity index (χ3v) is 5.66. The minimum Gasteiger partial charge on any atom is -0.336 e. The summed E-state index contributed by atoms with van der Waals surface area (Å²) in [6.45, 7) is 7.09. The Bertz CT molecular complexity index is 1000. The molecule has 138 valence electrons. The van der Waals surface area contributed by atoms with Gasteiger partial charge >= 0.3 is 0 Å². The van der Waals surface area contributed by atoms with E-state index in [0.717, 1.165) is 52.7 Å². The Morgan fingerprint density at radius 3 is 2.67 bits per heavy atom. The van der Waals surface area contributed by atoms with Gasteiger partial charge in [-0.1, -0.05) is 12.1 Å². The topological polar surface area (TPSA) is 59.0 Å². The first-order chi connectivity index (χ1) is 13.1. The van der Waals surface area contributed by atoms with Crippen LogP contribution in [0.2, 0.25) is 0 Å². The normalized spacial score (nSPS) is 17.3. The van der Waals surface area contributed by atoms with Crippen molar-refractivity contribution in [2.75, 3.05) is 6.54 Å². The van der Waals surface area contributed by atoms with Crippen molar-refractivity contribution in [2.24, 2.45) is 0 Å². The maximum atomic E-state index is 13.5. The summed E-state index contributed by atoms with van der Waals surface area (Å²) in [5, 5.41) is 0.918. The number of hydrogen-bond acceptors (Lipinski definition) is 4. The van der Waals surface area contributed by atoms with E-state index >= 15 is 0 Å². The standard InChI is InChI=1S/C22H24N4O/c1-14-7-8-18-19(22(27)26-9-5-4-6-15(26)2)10-20(25-21(18)16(14)3)17-11-23-13-24-12-17/h7-8,10-13,15H,4-6,9H2,1-3H3. The zero-order valence-corrected chi connectivity index (χ0v) is 16.1. The van der Waals surface area contributed by atoms with Gasteiger partial charge in [0.1, 0.15) is 6.33 Å². The number of pyridine rings is 1. The van der Waals surface area contributed by atoms with Crippen molar-refractivity contribution in [2.45, 2.75) is 46.1 Å². The third kappa shape index (κ3) is 3.18. The lowest BCUT2D eigenvalue weighted by molar-refractivity contribution is 0.0637.